The fraction of sp³-hybridized carbons (Fsp3) is 0.625. The van der Waals surface area contributed by atoms with Crippen molar-refractivity contribution in [3.63, 3.8) is 0 Å². The highest BCUT2D eigenvalue weighted by Crippen LogP contribution is 2.37. The number of likely N-dealkylation sites (tertiary alicyclic amines) is 1. The van der Waals surface area contributed by atoms with Gasteiger partial charge in [-0.15, -0.1) is 12.4 Å². The maximum absolute atomic E-state index is 12.9. The molecule has 1 aromatic rings. The first-order valence-corrected chi connectivity index (χ1v) is 7.87. The lowest BCUT2D eigenvalue weighted by atomic mass is 9.93. The largest absolute Gasteiger partial charge is 0.416 e. The average molecular weight is 389 g/mol. The molecule has 2 aliphatic heterocycles. The zero-order valence-corrected chi connectivity index (χ0v) is 14.1. The van der Waals surface area contributed by atoms with Crippen LogP contribution >= 0.6 is 12.4 Å². The fourth-order valence-corrected chi connectivity index (χ4v) is 3.64. The second-order valence-electron chi connectivity index (χ2n) is 6.55. The number of piperidine rings is 1. The van der Waals surface area contributed by atoms with Gasteiger partial charge in [-0.1, -0.05) is 0 Å². The van der Waals surface area contributed by atoms with E-state index in [2.05, 4.69) is 5.32 Å². The minimum absolute atomic E-state index is 0. The van der Waals surface area contributed by atoms with E-state index in [4.69, 9.17) is 0 Å². The minimum Gasteiger partial charge on any atom is -0.314 e. The lowest BCUT2D eigenvalue weighted by molar-refractivity contribution is -0.143. The number of benzene rings is 1. The van der Waals surface area contributed by atoms with E-state index >= 15 is 0 Å². The van der Waals surface area contributed by atoms with Gasteiger partial charge in [0.25, 0.3) is 0 Å². The van der Waals surface area contributed by atoms with Crippen molar-refractivity contribution in [1.29, 1.82) is 0 Å². The number of fused-ring (bicyclic) bond motifs is 1. The van der Waals surface area contributed by atoms with Crippen molar-refractivity contribution in [3.05, 3.63) is 34.9 Å². The minimum atomic E-state index is -4.79. The van der Waals surface area contributed by atoms with Gasteiger partial charge in [-0.2, -0.15) is 26.3 Å². The number of rotatable bonds is 2. The molecular weight excluding hydrogens is 370 g/mol. The van der Waals surface area contributed by atoms with E-state index < -0.39 is 23.5 Å². The molecular formula is C16H19ClF6N2. The second-order valence-corrected chi connectivity index (χ2v) is 6.55. The molecule has 9 heteroatoms. The molecule has 0 spiro atoms. The summed E-state index contributed by atoms with van der Waals surface area (Å²) in [6.45, 7) is 2.40. The van der Waals surface area contributed by atoms with Crippen LogP contribution in [0.15, 0.2) is 18.2 Å². The van der Waals surface area contributed by atoms with Crippen molar-refractivity contribution in [2.75, 3.05) is 19.6 Å². The number of hydrogen-bond acceptors (Lipinski definition) is 2. The van der Waals surface area contributed by atoms with Crippen molar-refractivity contribution in [1.82, 2.24) is 10.2 Å². The zero-order chi connectivity index (χ0) is 17.5. The van der Waals surface area contributed by atoms with E-state index in [1.807, 2.05) is 4.90 Å². The molecule has 2 fully saturated rings. The highest BCUT2D eigenvalue weighted by molar-refractivity contribution is 5.85. The molecule has 2 unspecified atom stereocenters. The molecule has 0 amide bonds. The van der Waals surface area contributed by atoms with E-state index in [-0.39, 0.29) is 30.6 Å². The standard InChI is InChI=1S/C16H18F6N2.ClH/c17-15(18,19)12-5-10(6-13(7-12)16(20,21)22)8-24-4-2-14-11(9-24)1-3-23-14;/h5-7,11,14,23H,1-4,8-9H2;1H. The first-order valence-electron chi connectivity index (χ1n) is 7.87. The summed E-state index contributed by atoms with van der Waals surface area (Å²) < 4.78 is 77.4. The highest BCUT2D eigenvalue weighted by atomic mass is 35.5. The van der Waals surface area contributed by atoms with Gasteiger partial charge in [-0.3, -0.25) is 4.90 Å². The SMILES string of the molecule is Cl.FC(F)(F)c1cc(CN2CCC3NCCC3C2)cc(C(F)(F)F)c1. The Morgan fingerprint density at radius 1 is 0.960 bits per heavy atom. The summed E-state index contributed by atoms with van der Waals surface area (Å²) in [5.41, 5.74) is -2.43. The summed E-state index contributed by atoms with van der Waals surface area (Å²) in [7, 11) is 0. The van der Waals surface area contributed by atoms with Crippen molar-refractivity contribution in [3.8, 4) is 0 Å². The normalized spacial score (nSPS) is 24.7. The summed E-state index contributed by atoms with van der Waals surface area (Å²) in [5, 5.41) is 3.38. The van der Waals surface area contributed by atoms with Crippen LogP contribution in [0.4, 0.5) is 26.3 Å². The lowest BCUT2D eigenvalue weighted by Gasteiger charge is -2.35. The second kappa shape index (κ2) is 7.32. The fourth-order valence-electron chi connectivity index (χ4n) is 3.64. The Kier molecular flexibility index (Phi) is 5.95. The Balaban J connectivity index is 0.00000225. The van der Waals surface area contributed by atoms with Gasteiger partial charge in [0.15, 0.2) is 0 Å². The Bertz CT molecular complexity index is 569. The topological polar surface area (TPSA) is 15.3 Å². The molecule has 2 aliphatic rings. The van der Waals surface area contributed by atoms with Crippen molar-refractivity contribution in [2.45, 2.75) is 37.8 Å². The third-order valence-corrected chi connectivity index (χ3v) is 4.79. The molecule has 3 rings (SSSR count). The van der Waals surface area contributed by atoms with Gasteiger partial charge in [0, 0.05) is 19.1 Å². The first kappa shape index (κ1) is 20.3. The molecule has 0 bridgehead atoms. The van der Waals surface area contributed by atoms with Crippen LogP contribution in [0, 0.1) is 5.92 Å². The first-order chi connectivity index (χ1) is 11.1. The van der Waals surface area contributed by atoms with E-state index in [9.17, 15) is 26.3 Å². The maximum atomic E-state index is 12.9. The molecule has 2 nitrogen and oxygen atoms in total. The highest BCUT2D eigenvalue weighted by Gasteiger charge is 2.37. The van der Waals surface area contributed by atoms with Crippen LogP contribution in [0.25, 0.3) is 0 Å². The van der Waals surface area contributed by atoms with Crippen LogP contribution in [-0.4, -0.2) is 30.6 Å². The Morgan fingerprint density at radius 3 is 2.12 bits per heavy atom. The smallest absolute Gasteiger partial charge is 0.314 e. The van der Waals surface area contributed by atoms with E-state index in [1.165, 1.54) is 0 Å². The van der Waals surface area contributed by atoms with E-state index in [0.717, 1.165) is 31.5 Å². The summed E-state index contributed by atoms with van der Waals surface area (Å²) in [6, 6.07) is 2.26. The van der Waals surface area contributed by atoms with Gasteiger partial charge >= 0.3 is 12.4 Å². The predicted molar refractivity (Wildman–Crippen MR) is 83.5 cm³/mol. The van der Waals surface area contributed by atoms with Crippen LogP contribution in [-0.2, 0) is 18.9 Å². The maximum Gasteiger partial charge on any atom is 0.416 e. The molecule has 0 aliphatic carbocycles. The van der Waals surface area contributed by atoms with E-state index in [0.29, 0.717) is 25.0 Å². The van der Waals surface area contributed by atoms with Crippen LogP contribution in [0.1, 0.15) is 29.5 Å². The number of nitrogens with zero attached hydrogens (tertiary/aromatic N) is 1. The van der Waals surface area contributed by atoms with Crippen molar-refractivity contribution < 1.29 is 26.3 Å². The number of nitrogens with one attached hydrogen (secondary N) is 1. The molecule has 1 N–H and O–H groups in total. The summed E-state index contributed by atoms with van der Waals surface area (Å²) >= 11 is 0. The van der Waals surface area contributed by atoms with E-state index in [1.54, 1.807) is 0 Å². The van der Waals surface area contributed by atoms with Gasteiger partial charge in [-0.05, 0) is 55.6 Å². The van der Waals surface area contributed by atoms with Crippen LogP contribution in [0.2, 0.25) is 0 Å². The molecule has 0 aromatic heterocycles. The molecule has 0 radical (unpaired) electrons. The van der Waals surface area contributed by atoms with Gasteiger partial charge in [0.2, 0.25) is 0 Å². The molecule has 2 heterocycles. The van der Waals surface area contributed by atoms with Gasteiger partial charge in [-0.25, -0.2) is 0 Å². The molecule has 0 saturated carbocycles. The van der Waals surface area contributed by atoms with Crippen molar-refractivity contribution >= 4 is 12.4 Å². The summed E-state index contributed by atoms with van der Waals surface area (Å²) in [5.74, 6) is 0.423. The predicted octanol–water partition coefficient (Wildman–Crippen LogP) is 4.33. The molecule has 2 saturated heterocycles. The van der Waals surface area contributed by atoms with Crippen LogP contribution < -0.4 is 5.32 Å². The average Bonchev–Trinajstić information content (AvgIpc) is 2.92. The molecule has 2 atom stereocenters. The van der Waals surface area contributed by atoms with Gasteiger partial charge < -0.3 is 5.32 Å². The van der Waals surface area contributed by atoms with Gasteiger partial charge in [0.05, 0.1) is 11.1 Å². The third-order valence-electron chi connectivity index (χ3n) is 4.79. The van der Waals surface area contributed by atoms with Gasteiger partial charge in [0.1, 0.15) is 0 Å². The Hall–Kier alpha value is -0.990. The monoisotopic (exact) mass is 388 g/mol. The summed E-state index contributed by atoms with van der Waals surface area (Å²) in [6.07, 6.45) is -7.72. The Labute approximate surface area is 148 Å². The quantitative estimate of drug-likeness (QED) is 0.759. The number of halogens is 7. The van der Waals surface area contributed by atoms with Crippen LogP contribution in [0.3, 0.4) is 0 Å². The summed E-state index contributed by atoms with van der Waals surface area (Å²) in [4.78, 5) is 1.95. The molecule has 1 aromatic carbocycles. The third kappa shape index (κ3) is 4.80. The zero-order valence-electron chi connectivity index (χ0n) is 13.3. The Morgan fingerprint density at radius 2 is 1.56 bits per heavy atom. The van der Waals surface area contributed by atoms with Crippen molar-refractivity contribution in [2.24, 2.45) is 5.92 Å². The van der Waals surface area contributed by atoms with Crippen LogP contribution in [0.5, 0.6) is 0 Å². The number of alkyl halides is 6. The lowest BCUT2D eigenvalue weighted by Crippen LogP contribution is -2.43. The molecule has 25 heavy (non-hydrogen) atoms. The molecule has 142 valence electrons. The number of hydrogen-bond donors (Lipinski definition) is 1.